The summed E-state index contributed by atoms with van der Waals surface area (Å²) in [4.78, 5) is 13.6. The molecule has 1 heterocycles. The summed E-state index contributed by atoms with van der Waals surface area (Å²) in [5.41, 5.74) is 3.11. The van der Waals surface area contributed by atoms with Crippen LogP contribution in [-0.2, 0) is 14.8 Å². The van der Waals surface area contributed by atoms with E-state index in [9.17, 15) is 13.2 Å². The summed E-state index contributed by atoms with van der Waals surface area (Å²) in [5, 5.41) is 1.64. The van der Waals surface area contributed by atoms with Crippen molar-refractivity contribution >= 4 is 27.3 Å². The molecule has 0 saturated carbocycles. The molecule has 0 radical (unpaired) electrons. The van der Waals surface area contributed by atoms with Gasteiger partial charge in [0.05, 0.1) is 0 Å². The van der Waals surface area contributed by atoms with Gasteiger partial charge in [-0.2, -0.15) is 0 Å². The Morgan fingerprint density at radius 2 is 2.10 bits per heavy atom. The smallest absolute Gasteiger partial charge is 0.272 e. The minimum absolute atomic E-state index is 0.127. The largest absolute Gasteiger partial charge is 0.484 e. The van der Waals surface area contributed by atoms with E-state index < -0.39 is 15.9 Å². The van der Waals surface area contributed by atoms with Gasteiger partial charge in [0.2, 0.25) is 0 Å². The molecule has 2 rings (SSSR count). The zero-order valence-electron chi connectivity index (χ0n) is 11.2. The first-order valence-corrected chi connectivity index (χ1v) is 8.37. The van der Waals surface area contributed by atoms with Crippen LogP contribution in [0, 0.1) is 6.92 Å². The Kier molecular flexibility index (Phi) is 4.94. The molecule has 8 heteroatoms. The van der Waals surface area contributed by atoms with Crippen molar-refractivity contribution in [1.82, 2.24) is 10.3 Å². The van der Waals surface area contributed by atoms with Gasteiger partial charge >= 0.3 is 0 Å². The Morgan fingerprint density at radius 1 is 1.29 bits per heavy atom. The molecule has 0 fully saturated rings. The van der Waals surface area contributed by atoms with Gasteiger partial charge in [0.1, 0.15) is 9.96 Å². The van der Waals surface area contributed by atoms with E-state index >= 15 is 0 Å². The summed E-state index contributed by atoms with van der Waals surface area (Å²) in [6.07, 6.45) is 0. The van der Waals surface area contributed by atoms with Crippen LogP contribution in [0.5, 0.6) is 5.75 Å². The van der Waals surface area contributed by atoms with Crippen LogP contribution in [0.4, 0.5) is 0 Å². The van der Waals surface area contributed by atoms with Gasteiger partial charge in [-0.1, -0.05) is 18.2 Å². The second-order valence-electron chi connectivity index (χ2n) is 4.19. The third kappa shape index (κ3) is 4.55. The molecule has 0 saturated heterocycles. The fourth-order valence-electron chi connectivity index (χ4n) is 1.48. The Balaban J connectivity index is 1.83. The molecule has 0 bridgehead atoms. The molecule has 0 spiro atoms. The summed E-state index contributed by atoms with van der Waals surface area (Å²) in [5.74, 6) is -0.0390. The summed E-state index contributed by atoms with van der Waals surface area (Å²) in [7, 11) is -3.72. The van der Waals surface area contributed by atoms with Crippen LogP contribution >= 0.6 is 11.3 Å². The fraction of sp³-hybridized carbons (Fsp3) is 0.154. The van der Waals surface area contributed by atoms with Crippen LogP contribution in [0.15, 0.2) is 46.0 Å². The monoisotopic (exact) mass is 326 g/mol. The maximum atomic E-state index is 11.8. The Hall–Kier alpha value is -1.90. The number of sulfonamides is 1. The number of carbonyl (C=O) groups is 1. The summed E-state index contributed by atoms with van der Waals surface area (Å²) >= 11 is 1.06. The van der Waals surface area contributed by atoms with Gasteiger partial charge in [0.15, 0.2) is 6.61 Å². The van der Waals surface area contributed by atoms with Crippen molar-refractivity contribution in [2.45, 2.75) is 11.1 Å². The van der Waals surface area contributed by atoms with Crippen LogP contribution in [0.3, 0.4) is 0 Å². The van der Waals surface area contributed by atoms with Crippen molar-refractivity contribution in [2.75, 3.05) is 6.61 Å². The van der Waals surface area contributed by atoms with Gasteiger partial charge < -0.3 is 4.74 Å². The van der Waals surface area contributed by atoms with Gasteiger partial charge in [0.25, 0.3) is 15.9 Å². The number of aryl methyl sites for hydroxylation is 1. The second kappa shape index (κ2) is 6.70. The topological polar surface area (TPSA) is 84.5 Å². The quantitative estimate of drug-likeness (QED) is 0.787. The number of benzene rings is 1. The molecule has 112 valence electrons. The molecular formula is C13H14N2O4S2. The van der Waals surface area contributed by atoms with Crippen molar-refractivity contribution in [2.24, 2.45) is 0 Å². The highest BCUT2D eigenvalue weighted by molar-refractivity contribution is 7.91. The van der Waals surface area contributed by atoms with E-state index in [1.807, 2.05) is 23.9 Å². The number of nitrogens with one attached hydrogen (secondary N) is 2. The van der Waals surface area contributed by atoms with E-state index in [4.69, 9.17) is 4.74 Å². The van der Waals surface area contributed by atoms with E-state index in [1.165, 1.54) is 6.07 Å². The summed E-state index contributed by atoms with van der Waals surface area (Å²) in [6.45, 7) is 1.62. The third-order valence-electron chi connectivity index (χ3n) is 2.44. The summed E-state index contributed by atoms with van der Waals surface area (Å²) < 4.78 is 28.9. The van der Waals surface area contributed by atoms with E-state index in [1.54, 1.807) is 23.6 Å². The molecule has 0 unspecified atom stereocenters. The highest BCUT2D eigenvalue weighted by atomic mass is 32.2. The van der Waals surface area contributed by atoms with Gasteiger partial charge in [-0.15, -0.1) is 16.2 Å². The van der Waals surface area contributed by atoms with E-state index in [2.05, 4.69) is 5.43 Å². The molecular weight excluding hydrogens is 312 g/mol. The lowest BCUT2D eigenvalue weighted by Crippen LogP contribution is -2.43. The molecule has 0 aliphatic carbocycles. The van der Waals surface area contributed by atoms with Gasteiger partial charge in [-0.05, 0) is 36.1 Å². The van der Waals surface area contributed by atoms with E-state index in [0.29, 0.717) is 5.75 Å². The Labute approximate surface area is 126 Å². The zero-order valence-corrected chi connectivity index (χ0v) is 12.8. The molecule has 1 aromatic carbocycles. The van der Waals surface area contributed by atoms with Crippen LogP contribution < -0.4 is 15.0 Å². The average Bonchev–Trinajstić information content (AvgIpc) is 2.98. The molecule has 2 aromatic rings. The fourth-order valence-corrected chi connectivity index (χ4v) is 3.33. The normalized spacial score (nSPS) is 11.1. The Morgan fingerprint density at radius 3 is 2.76 bits per heavy atom. The van der Waals surface area contributed by atoms with Crippen molar-refractivity contribution < 1.29 is 17.9 Å². The van der Waals surface area contributed by atoms with Crippen LogP contribution in [-0.4, -0.2) is 20.9 Å². The number of ether oxygens (including phenoxy) is 1. The lowest BCUT2D eigenvalue weighted by molar-refractivity contribution is -0.123. The predicted octanol–water partition coefficient (Wildman–Crippen LogP) is 1.45. The molecule has 1 aromatic heterocycles. The van der Waals surface area contributed by atoms with Gasteiger partial charge in [-0.3, -0.25) is 10.2 Å². The number of amides is 1. The molecule has 0 aliphatic rings. The summed E-state index contributed by atoms with van der Waals surface area (Å²) in [6, 6.07) is 10.3. The minimum atomic E-state index is -3.72. The molecule has 6 nitrogen and oxygen atoms in total. The van der Waals surface area contributed by atoms with Crippen LogP contribution in [0.1, 0.15) is 5.56 Å². The SMILES string of the molecule is Cc1cccc(OCC(=O)NNS(=O)(=O)c2cccs2)c1. The number of hydrogen-bond acceptors (Lipinski definition) is 5. The number of hydrazine groups is 1. The number of rotatable bonds is 6. The first kappa shape index (κ1) is 15.5. The highest BCUT2D eigenvalue weighted by Crippen LogP contribution is 2.14. The standard InChI is InChI=1S/C13H14N2O4S2/c1-10-4-2-5-11(8-10)19-9-12(16)14-15-21(17,18)13-6-3-7-20-13/h2-8,15H,9H2,1H3,(H,14,16). The number of thiophene rings is 1. The number of carbonyl (C=O) groups excluding carboxylic acids is 1. The predicted molar refractivity (Wildman–Crippen MR) is 79.5 cm³/mol. The molecule has 0 aliphatic heterocycles. The maximum absolute atomic E-state index is 11.8. The molecule has 21 heavy (non-hydrogen) atoms. The van der Waals surface area contributed by atoms with Gasteiger partial charge in [0, 0.05) is 0 Å². The Bertz CT molecular complexity index is 712. The lowest BCUT2D eigenvalue weighted by Gasteiger charge is -2.08. The first-order valence-electron chi connectivity index (χ1n) is 6.01. The van der Waals surface area contributed by atoms with Gasteiger partial charge in [-0.25, -0.2) is 8.42 Å². The van der Waals surface area contributed by atoms with E-state index in [-0.39, 0.29) is 10.8 Å². The van der Waals surface area contributed by atoms with Crippen LogP contribution in [0.25, 0.3) is 0 Å². The van der Waals surface area contributed by atoms with Crippen molar-refractivity contribution in [3.63, 3.8) is 0 Å². The zero-order chi connectivity index (χ0) is 15.3. The van der Waals surface area contributed by atoms with Crippen LogP contribution in [0.2, 0.25) is 0 Å². The van der Waals surface area contributed by atoms with Crippen molar-refractivity contribution in [3.8, 4) is 5.75 Å². The molecule has 1 amide bonds. The average molecular weight is 326 g/mol. The van der Waals surface area contributed by atoms with E-state index in [0.717, 1.165) is 16.9 Å². The third-order valence-corrected chi connectivity index (χ3v) is 5.09. The highest BCUT2D eigenvalue weighted by Gasteiger charge is 2.15. The maximum Gasteiger partial charge on any atom is 0.272 e. The number of hydrogen-bond donors (Lipinski definition) is 2. The lowest BCUT2D eigenvalue weighted by atomic mass is 10.2. The molecule has 0 atom stereocenters. The first-order chi connectivity index (χ1) is 9.97. The molecule has 2 N–H and O–H groups in total. The minimum Gasteiger partial charge on any atom is -0.484 e. The van der Waals surface area contributed by atoms with Crippen molar-refractivity contribution in [3.05, 3.63) is 47.3 Å². The second-order valence-corrected chi connectivity index (χ2v) is 7.05. The van der Waals surface area contributed by atoms with Crippen molar-refractivity contribution in [1.29, 1.82) is 0 Å².